The van der Waals surface area contributed by atoms with E-state index in [1.807, 2.05) is 30.6 Å². The van der Waals surface area contributed by atoms with E-state index in [0.717, 1.165) is 59.8 Å². The van der Waals surface area contributed by atoms with Crippen molar-refractivity contribution in [2.24, 2.45) is 4.99 Å². The number of nitrogens with one attached hydrogen (secondary N) is 1. The van der Waals surface area contributed by atoms with Crippen LogP contribution in [0.25, 0.3) is 26.9 Å². The summed E-state index contributed by atoms with van der Waals surface area (Å²) in [7, 11) is -1.10. The quantitative estimate of drug-likeness (QED) is 0.369. The molecule has 1 aliphatic carbocycles. The molecule has 0 spiro atoms. The highest BCUT2D eigenvalue weighted by Crippen LogP contribution is 2.44. The topological polar surface area (TPSA) is 113 Å². The molecule has 1 unspecified atom stereocenters. The molecular weight excluding hydrogens is 557 g/mol. The Morgan fingerprint density at radius 1 is 1.38 bits per heavy atom. The number of aliphatic hydroxyl groups excluding tert-OH is 1. The zero-order valence-corrected chi connectivity index (χ0v) is 20.9. The zero-order chi connectivity index (χ0) is 22.1. The maximum absolute atomic E-state index is 13.1. The molecule has 3 aromatic rings. The minimum Gasteiger partial charge on any atom is -0.396 e. The number of nitrogens with two attached hydrogens (primary N) is 1. The van der Waals surface area contributed by atoms with Crippen molar-refractivity contribution in [1.82, 2.24) is 15.3 Å². The molecule has 0 amide bonds. The van der Waals surface area contributed by atoms with Crippen LogP contribution < -0.4 is 11.1 Å². The largest absolute Gasteiger partial charge is 0.396 e. The lowest BCUT2D eigenvalue weighted by atomic mass is 10.00. The van der Waals surface area contributed by atoms with Gasteiger partial charge in [0.2, 0.25) is 0 Å². The Kier molecular flexibility index (Phi) is 6.56. The minimum atomic E-state index is -1.10. The Morgan fingerprint density at radius 2 is 2.25 bits per heavy atom. The Balaban J connectivity index is 1.63. The first-order valence-corrected chi connectivity index (χ1v) is 14.6. The third kappa shape index (κ3) is 4.21. The molecule has 0 saturated heterocycles. The van der Waals surface area contributed by atoms with Gasteiger partial charge in [-0.05, 0) is 34.6 Å². The zero-order valence-electron chi connectivity index (χ0n) is 17.1. The number of nitrogens with zero attached hydrogens (tertiary/aromatic N) is 3. The number of aliphatic imine (C=N–C) groups is 1. The molecule has 1 atom stereocenters. The fourth-order valence-electron chi connectivity index (χ4n) is 3.54. The lowest BCUT2D eigenvalue weighted by Gasteiger charge is -2.23. The van der Waals surface area contributed by atoms with Gasteiger partial charge < -0.3 is 10.8 Å². The van der Waals surface area contributed by atoms with Gasteiger partial charge in [-0.25, -0.2) is 9.98 Å². The lowest BCUT2D eigenvalue weighted by Crippen LogP contribution is -2.23. The van der Waals surface area contributed by atoms with Crippen molar-refractivity contribution < 1.29 is 9.32 Å². The number of allylic oxidation sites excluding steroid dienone is 1. The van der Waals surface area contributed by atoms with Crippen LogP contribution in [0.4, 0.5) is 5.69 Å². The molecule has 0 bridgehead atoms. The summed E-state index contributed by atoms with van der Waals surface area (Å²) in [6, 6.07) is 5.94. The molecule has 1 aliphatic heterocycles. The third-order valence-corrected chi connectivity index (χ3v) is 11.0. The average Bonchev–Trinajstić information content (AvgIpc) is 3.13. The molecule has 0 aromatic carbocycles. The third-order valence-electron chi connectivity index (χ3n) is 5.45. The van der Waals surface area contributed by atoms with Gasteiger partial charge in [0.15, 0.2) is 0 Å². The summed E-state index contributed by atoms with van der Waals surface area (Å²) in [4.78, 5) is 14.5. The number of rotatable bonds is 7. The number of thiophene rings is 1. The number of hydrogen-bond acceptors (Lipinski definition) is 8. The van der Waals surface area contributed by atoms with Crippen LogP contribution in [-0.2, 0) is 10.8 Å². The Bertz CT molecular complexity index is 1280. The first-order valence-electron chi connectivity index (χ1n) is 10.3. The van der Waals surface area contributed by atoms with Gasteiger partial charge in [0.05, 0.1) is 28.8 Å². The highest BCUT2D eigenvalue weighted by Gasteiger charge is 2.29. The number of anilines is 1. The van der Waals surface area contributed by atoms with E-state index in [1.165, 1.54) is 11.3 Å². The highest BCUT2D eigenvalue weighted by atomic mass is 127. The normalized spacial score (nSPS) is 17.4. The lowest BCUT2D eigenvalue weighted by molar-refractivity contribution is 0.300. The van der Waals surface area contributed by atoms with Crippen molar-refractivity contribution >= 4 is 74.3 Å². The number of halogens is 1. The number of pyridine rings is 2. The number of aromatic nitrogens is 2. The maximum atomic E-state index is 13.1. The number of nitrogen functional groups attached to an aromatic ring is 1. The van der Waals surface area contributed by atoms with E-state index < -0.39 is 31.5 Å². The van der Waals surface area contributed by atoms with Gasteiger partial charge >= 0.3 is 0 Å². The molecular formula is C22H22IN5O2S2. The Labute approximate surface area is 202 Å². The standard InChI is InChI=1S/C22H22IN5O2S2/c24-19-18-16(13-3-2-6-25-11-13)9-17(14-10-23-22(27-12-14)26-7-8-29)28-20(18)31-21(19)32(30)15-4-1-5-15/h2-3,6,9-12,15,29H,1,4-5,7-8,24H2,(H,26,27). The summed E-state index contributed by atoms with van der Waals surface area (Å²) < 4.78 is 17.0. The summed E-state index contributed by atoms with van der Waals surface area (Å²) in [5.41, 5.74) is 10.8. The summed E-state index contributed by atoms with van der Waals surface area (Å²) in [5.74, 6) is 0. The molecule has 7 nitrogen and oxygen atoms in total. The fraction of sp³-hybridized carbons (Fsp3) is 0.273. The van der Waals surface area contributed by atoms with Crippen LogP contribution in [0.2, 0.25) is 0 Å². The first-order chi connectivity index (χ1) is 15.7. The monoisotopic (exact) mass is 579 g/mol. The molecule has 4 heterocycles. The highest BCUT2D eigenvalue weighted by molar-refractivity contribution is 14.2. The second kappa shape index (κ2) is 9.56. The van der Waals surface area contributed by atoms with E-state index in [0.29, 0.717) is 12.2 Å². The van der Waals surface area contributed by atoms with Crippen LogP contribution in [0.1, 0.15) is 25.0 Å². The van der Waals surface area contributed by atoms with E-state index >= 15 is 0 Å². The van der Waals surface area contributed by atoms with Crippen LogP contribution >= 0.6 is 32.1 Å². The number of aliphatic hydroxyl groups is 1. The van der Waals surface area contributed by atoms with E-state index in [9.17, 15) is 4.21 Å². The molecule has 5 rings (SSSR count). The van der Waals surface area contributed by atoms with Gasteiger partial charge in [0.1, 0.15) is 12.8 Å². The average molecular weight is 579 g/mol. The SMILES string of the molecule is Nc1c(S(=O)C2CCC2)sc2nc(C3=CI=C(NCCO)N=C3)cc(-c3cccnc3)c12. The van der Waals surface area contributed by atoms with Gasteiger partial charge in [-0.3, -0.25) is 14.5 Å². The van der Waals surface area contributed by atoms with Gasteiger partial charge in [-0.15, -0.1) is 11.3 Å². The second-order valence-corrected chi connectivity index (χ2v) is 12.7. The molecule has 3 aromatic heterocycles. The molecule has 166 valence electrons. The van der Waals surface area contributed by atoms with Crippen molar-refractivity contribution in [1.29, 1.82) is 0 Å². The number of fused-ring (bicyclic) bond motifs is 1. The van der Waals surface area contributed by atoms with Crippen LogP contribution in [0.5, 0.6) is 0 Å². The van der Waals surface area contributed by atoms with Crippen LogP contribution in [0.3, 0.4) is 0 Å². The van der Waals surface area contributed by atoms with E-state index in [1.54, 1.807) is 6.20 Å². The van der Waals surface area contributed by atoms with Crippen molar-refractivity contribution in [2.45, 2.75) is 28.7 Å². The maximum Gasteiger partial charge on any atom is 0.138 e. The van der Waals surface area contributed by atoms with Crippen LogP contribution in [0.15, 0.2) is 43.9 Å². The predicted octanol–water partition coefficient (Wildman–Crippen LogP) is 3.67. The molecule has 0 radical (unpaired) electrons. The van der Waals surface area contributed by atoms with Gasteiger partial charge in [-0.1, -0.05) is 33.2 Å². The van der Waals surface area contributed by atoms with Gasteiger partial charge in [0, 0.05) is 46.9 Å². The second-order valence-electron chi connectivity index (χ2n) is 7.50. The van der Waals surface area contributed by atoms with Crippen LogP contribution in [0, 0.1) is 0 Å². The summed E-state index contributed by atoms with van der Waals surface area (Å²) in [6.45, 7) is 0.580. The molecule has 2 aliphatic rings. The van der Waals surface area contributed by atoms with Crippen molar-refractivity contribution in [3.05, 3.63) is 40.4 Å². The van der Waals surface area contributed by atoms with Crippen molar-refractivity contribution in [3.8, 4) is 11.1 Å². The molecule has 32 heavy (non-hydrogen) atoms. The smallest absolute Gasteiger partial charge is 0.138 e. The molecule has 1 saturated carbocycles. The fourth-order valence-corrected chi connectivity index (χ4v) is 8.65. The van der Waals surface area contributed by atoms with Gasteiger partial charge in [-0.2, -0.15) is 0 Å². The first kappa shape index (κ1) is 22.0. The summed E-state index contributed by atoms with van der Waals surface area (Å²) >= 11 is 1.00. The summed E-state index contributed by atoms with van der Waals surface area (Å²) in [6.07, 6.45) is 8.49. The van der Waals surface area contributed by atoms with E-state index in [-0.39, 0.29) is 11.9 Å². The Hall–Kier alpha value is -1.86. The molecule has 10 heteroatoms. The van der Waals surface area contributed by atoms with E-state index in [4.69, 9.17) is 15.8 Å². The molecule has 4 N–H and O–H groups in total. The van der Waals surface area contributed by atoms with Gasteiger partial charge in [0.25, 0.3) is 0 Å². The Morgan fingerprint density at radius 3 is 2.91 bits per heavy atom. The molecule has 1 fully saturated rings. The van der Waals surface area contributed by atoms with Crippen molar-refractivity contribution in [3.63, 3.8) is 0 Å². The van der Waals surface area contributed by atoms with Crippen molar-refractivity contribution in [2.75, 3.05) is 18.9 Å². The number of hydrogen-bond donors (Lipinski definition) is 3. The predicted molar refractivity (Wildman–Crippen MR) is 142 cm³/mol. The minimum absolute atomic E-state index is 0.0797. The van der Waals surface area contributed by atoms with E-state index in [2.05, 4.69) is 19.4 Å². The van der Waals surface area contributed by atoms with Crippen LogP contribution in [-0.4, -0.2) is 47.7 Å². The summed E-state index contributed by atoms with van der Waals surface area (Å²) in [5, 5.41) is 13.2.